The maximum Gasteiger partial charge on any atom is 0.0714 e. The van der Waals surface area contributed by atoms with E-state index in [1.54, 1.807) is 33.4 Å². The molecule has 0 aliphatic heterocycles. The molecule has 0 nitrogen and oxygen atoms in total. The summed E-state index contributed by atoms with van der Waals surface area (Å²) in [5.74, 6) is 0. The van der Waals surface area contributed by atoms with Crippen LogP contribution >= 0.6 is 0 Å². The molecule has 1 heteroatoms. The molecule has 128 valence electrons. The van der Waals surface area contributed by atoms with Crippen LogP contribution in [0, 0.1) is 0 Å². The lowest BCUT2D eigenvalue weighted by Crippen LogP contribution is -2.39. The summed E-state index contributed by atoms with van der Waals surface area (Å²) >= 11 is 0. The van der Waals surface area contributed by atoms with Crippen LogP contribution in [0.2, 0.25) is 18.6 Å². The summed E-state index contributed by atoms with van der Waals surface area (Å²) in [5.41, 5.74) is 12.4. The highest BCUT2D eigenvalue weighted by atomic mass is 28.3. The quantitative estimate of drug-likeness (QED) is 0.507. The highest BCUT2D eigenvalue weighted by molar-refractivity contribution is 6.82. The summed E-state index contributed by atoms with van der Waals surface area (Å²) in [6.45, 7) is 16.9. The second-order valence-corrected chi connectivity index (χ2v) is 13.2. The van der Waals surface area contributed by atoms with Crippen LogP contribution in [0.4, 0.5) is 0 Å². The Balaban J connectivity index is 2.08. The first-order chi connectivity index (χ1) is 11.3. The first-order valence-electron chi connectivity index (χ1n) is 9.45. The van der Waals surface area contributed by atoms with Crippen molar-refractivity contribution >= 4 is 13.6 Å². The van der Waals surface area contributed by atoms with E-state index < -0.39 is 8.07 Å². The Morgan fingerprint density at radius 1 is 0.917 bits per heavy atom. The third kappa shape index (κ3) is 2.49. The van der Waals surface area contributed by atoms with Crippen molar-refractivity contribution in [3.05, 3.63) is 63.8 Å². The van der Waals surface area contributed by atoms with Gasteiger partial charge in [0.2, 0.25) is 0 Å². The monoisotopic (exact) mass is 336 g/mol. The first kappa shape index (κ1) is 17.5. The summed E-state index contributed by atoms with van der Waals surface area (Å²) in [6.07, 6.45) is 5.09. The van der Waals surface area contributed by atoms with Crippen LogP contribution in [0.1, 0.15) is 64.1 Å². The average molecular weight is 337 g/mol. The van der Waals surface area contributed by atoms with Gasteiger partial charge in [-0.2, -0.15) is 0 Å². The van der Waals surface area contributed by atoms with Crippen LogP contribution in [0.3, 0.4) is 0 Å². The molecule has 1 unspecified atom stereocenters. The molecule has 0 heterocycles. The lowest BCUT2D eigenvalue weighted by molar-refractivity contribution is 0.973. The summed E-state index contributed by atoms with van der Waals surface area (Å²) in [4.78, 5) is 0. The maximum absolute atomic E-state index is 2.64. The molecule has 1 aromatic carbocycles. The fourth-order valence-corrected chi connectivity index (χ4v) is 9.90. The molecular formula is C23H32Si. The smallest absolute Gasteiger partial charge is 0.0714 e. The van der Waals surface area contributed by atoms with Gasteiger partial charge in [-0.25, -0.2) is 0 Å². The van der Waals surface area contributed by atoms with E-state index in [0.29, 0.717) is 11.1 Å². The Labute approximate surface area is 149 Å². The Bertz CT molecular complexity index is 734. The fraction of sp³-hybridized carbons (Fsp3) is 0.478. The van der Waals surface area contributed by atoms with Gasteiger partial charge in [-0.3, -0.25) is 0 Å². The van der Waals surface area contributed by atoms with E-state index in [2.05, 4.69) is 78.1 Å². The van der Waals surface area contributed by atoms with Gasteiger partial charge in [-0.15, -0.1) is 0 Å². The molecule has 0 radical (unpaired) electrons. The average Bonchev–Trinajstić information content (AvgIpc) is 3.01. The molecule has 0 spiro atoms. The molecule has 1 aromatic rings. The third-order valence-corrected chi connectivity index (χ3v) is 11.1. The van der Waals surface area contributed by atoms with Crippen molar-refractivity contribution in [3.63, 3.8) is 0 Å². The minimum absolute atomic E-state index is 0.642. The standard InChI is InChI=1S/C23H32Si/c1-8-11-19-14-22(21-13-10-9-12-20(19)21)24(6,7)23-17(4)15(2)16(3)18(23)5/h9-10,12-14,22-23H,8,11H2,1-7H3. The van der Waals surface area contributed by atoms with Crippen LogP contribution in [0.5, 0.6) is 0 Å². The minimum Gasteiger partial charge on any atom is -0.0759 e. The molecule has 0 N–H and O–H groups in total. The minimum atomic E-state index is -1.56. The summed E-state index contributed by atoms with van der Waals surface area (Å²) in [5, 5.41) is 0. The Morgan fingerprint density at radius 3 is 2.08 bits per heavy atom. The van der Waals surface area contributed by atoms with Gasteiger partial charge in [-0.1, -0.05) is 67.9 Å². The molecule has 0 aromatic heterocycles. The van der Waals surface area contributed by atoms with Crippen molar-refractivity contribution in [2.45, 2.75) is 71.6 Å². The molecule has 0 saturated carbocycles. The predicted octanol–water partition coefficient (Wildman–Crippen LogP) is 7.27. The van der Waals surface area contributed by atoms with Crippen LogP contribution in [-0.4, -0.2) is 8.07 Å². The van der Waals surface area contributed by atoms with Crippen molar-refractivity contribution in [1.29, 1.82) is 0 Å². The summed E-state index contributed by atoms with van der Waals surface area (Å²) < 4.78 is 0. The molecule has 2 aliphatic rings. The van der Waals surface area contributed by atoms with Crippen LogP contribution in [-0.2, 0) is 0 Å². The van der Waals surface area contributed by atoms with Gasteiger partial charge in [0.1, 0.15) is 0 Å². The zero-order valence-electron chi connectivity index (χ0n) is 16.5. The molecule has 0 fully saturated rings. The van der Waals surface area contributed by atoms with Gasteiger partial charge in [-0.05, 0) is 73.0 Å². The Hall–Kier alpha value is -1.34. The molecule has 0 amide bonds. The largest absolute Gasteiger partial charge is 0.0759 e. The van der Waals surface area contributed by atoms with Crippen molar-refractivity contribution in [3.8, 4) is 0 Å². The van der Waals surface area contributed by atoms with E-state index in [0.717, 1.165) is 0 Å². The number of allylic oxidation sites excluding steroid dienone is 6. The molecular weight excluding hydrogens is 304 g/mol. The molecule has 0 bridgehead atoms. The number of rotatable bonds is 4. The number of benzene rings is 1. The van der Waals surface area contributed by atoms with E-state index >= 15 is 0 Å². The van der Waals surface area contributed by atoms with Gasteiger partial charge in [0.25, 0.3) is 0 Å². The molecule has 2 aliphatic carbocycles. The second-order valence-electron chi connectivity index (χ2n) is 8.38. The lowest BCUT2D eigenvalue weighted by Gasteiger charge is -2.37. The predicted molar refractivity (Wildman–Crippen MR) is 110 cm³/mol. The SMILES string of the molecule is CCCC1=CC([Si](C)(C)C2C(C)=C(C)C(C)=C2C)c2ccccc21. The second kappa shape index (κ2) is 6.18. The topological polar surface area (TPSA) is 0 Å². The van der Waals surface area contributed by atoms with Crippen LogP contribution in [0.25, 0.3) is 5.57 Å². The van der Waals surface area contributed by atoms with E-state index in [1.165, 1.54) is 18.4 Å². The Kier molecular flexibility index (Phi) is 4.50. The lowest BCUT2D eigenvalue weighted by atomic mass is 10.0. The van der Waals surface area contributed by atoms with Gasteiger partial charge in [0.05, 0.1) is 8.07 Å². The highest BCUT2D eigenvalue weighted by Gasteiger charge is 2.45. The van der Waals surface area contributed by atoms with Gasteiger partial charge >= 0.3 is 0 Å². The van der Waals surface area contributed by atoms with Crippen LogP contribution in [0.15, 0.2) is 52.6 Å². The first-order valence-corrected chi connectivity index (χ1v) is 12.6. The van der Waals surface area contributed by atoms with Gasteiger partial charge in [0, 0.05) is 0 Å². The molecule has 3 rings (SSSR count). The fourth-order valence-electron chi connectivity index (χ4n) is 5.19. The third-order valence-electron chi connectivity index (χ3n) is 6.69. The highest BCUT2D eigenvalue weighted by Crippen LogP contribution is 2.54. The van der Waals surface area contributed by atoms with E-state index in [9.17, 15) is 0 Å². The zero-order valence-corrected chi connectivity index (χ0v) is 17.5. The molecule has 0 saturated heterocycles. The Morgan fingerprint density at radius 2 is 1.50 bits per heavy atom. The zero-order chi connectivity index (χ0) is 17.6. The molecule has 1 atom stereocenters. The van der Waals surface area contributed by atoms with Crippen LogP contribution < -0.4 is 0 Å². The number of hydrogen-bond acceptors (Lipinski definition) is 0. The molecule has 24 heavy (non-hydrogen) atoms. The van der Waals surface area contributed by atoms with Crippen molar-refractivity contribution in [1.82, 2.24) is 0 Å². The maximum atomic E-state index is 2.64. The summed E-state index contributed by atoms with van der Waals surface area (Å²) in [6, 6.07) is 9.17. The number of hydrogen-bond donors (Lipinski definition) is 0. The normalized spacial score (nSPS) is 21.6. The summed E-state index contributed by atoms with van der Waals surface area (Å²) in [7, 11) is -1.56. The van der Waals surface area contributed by atoms with E-state index in [4.69, 9.17) is 0 Å². The van der Waals surface area contributed by atoms with Gasteiger partial charge < -0.3 is 0 Å². The van der Waals surface area contributed by atoms with E-state index in [-0.39, 0.29) is 0 Å². The number of fused-ring (bicyclic) bond motifs is 1. The van der Waals surface area contributed by atoms with Crippen molar-refractivity contribution < 1.29 is 0 Å². The van der Waals surface area contributed by atoms with Crippen molar-refractivity contribution in [2.75, 3.05) is 0 Å². The van der Waals surface area contributed by atoms with Gasteiger partial charge in [0.15, 0.2) is 0 Å². The van der Waals surface area contributed by atoms with Crippen molar-refractivity contribution in [2.24, 2.45) is 0 Å². The van der Waals surface area contributed by atoms with E-state index in [1.807, 2.05) is 0 Å².